The Balaban J connectivity index is 0.00000108. The molecule has 0 radical (unpaired) electrons. The first-order valence-corrected chi connectivity index (χ1v) is 6.15. The molecular weight excluding hydrogens is 221 g/mol. The summed E-state index contributed by atoms with van der Waals surface area (Å²) in [5.74, 6) is -0.436. The molecule has 0 bridgehead atoms. The van der Waals surface area contributed by atoms with Crippen LogP contribution in [0.3, 0.4) is 0 Å². The molecule has 0 heterocycles. The summed E-state index contributed by atoms with van der Waals surface area (Å²) < 4.78 is 0. The fourth-order valence-corrected chi connectivity index (χ4v) is 3.31. The summed E-state index contributed by atoms with van der Waals surface area (Å²) in [6.45, 7) is 0. The number of carbonyl (C=O) groups excluding carboxylic acids is 1. The number of amides is 1. The number of carbonyl (C=O) groups is 1. The van der Waals surface area contributed by atoms with Crippen molar-refractivity contribution in [2.24, 2.45) is 0 Å². The van der Waals surface area contributed by atoms with Gasteiger partial charge in [-0.15, -0.1) is 0 Å². The Labute approximate surface area is 124 Å². The van der Waals surface area contributed by atoms with Crippen molar-refractivity contribution in [2.45, 2.75) is 44.9 Å². The molecule has 3 heteroatoms. The van der Waals surface area contributed by atoms with E-state index in [1.807, 2.05) is 0 Å². The molecule has 0 spiro atoms. The Morgan fingerprint density at radius 2 is 1.59 bits per heavy atom. The predicted molar refractivity (Wildman–Crippen MR) is 63.5 cm³/mol. The van der Waals surface area contributed by atoms with Gasteiger partial charge in [-0.1, -0.05) is 6.07 Å². The molecule has 1 aromatic rings. The van der Waals surface area contributed by atoms with Crippen molar-refractivity contribution in [1.82, 2.24) is 0 Å². The zero-order chi connectivity index (χ0) is 11.1. The van der Waals surface area contributed by atoms with E-state index in [2.05, 4.69) is 6.07 Å². The number of aryl methyl sites for hydroxylation is 2. The van der Waals surface area contributed by atoms with Crippen molar-refractivity contribution in [3.63, 3.8) is 0 Å². The van der Waals surface area contributed by atoms with Crippen LogP contribution in [0, 0.1) is 0 Å². The van der Waals surface area contributed by atoms with Crippen molar-refractivity contribution >= 4 is 5.91 Å². The van der Waals surface area contributed by atoms with Crippen LogP contribution in [0.1, 0.15) is 40.7 Å². The topological polar surface area (TPSA) is 40.9 Å². The van der Waals surface area contributed by atoms with Crippen LogP contribution in [0.5, 0.6) is 0 Å². The van der Waals surface area contributed by atoms with Crippen LogP contribution in [0.2, 0.25) is 0 Å². The van der Waals surface area contributed by atoms with E-state index in [-0.39, 0.29) is 29.6 Å². The fraction of sp³-hybridized carbons (Fsp3) is 0.500. The standard InChI is InChI=1S/C14H17NO.Na/c15-14(16)8-13-11-5-1-3-9(11)7-10-4-2-6-12(10)13;/h7H,1-6,8H2,(H2,15,16);/q;+1/p-1. The second-order valence-corrected chi connectivity index (χ2v) is 4.94. The molecule has 3 rings (SSSR count). The van der Waals surface area contributed by atoms with Crippen molar-refractivity contribution < 1.29 is 34.4 Å². The molecule has 1 aromatic carbocycles. The maximum absolute atomic E-state index is 11.1. The van der Waals surface area contributed by atoms with Crippen LogP contribution in [-0.4, -0.2) is 5.91 Å². The Kier molecular flexibility index (Phi) is 3.96. The van der Waals surface area contributed by atoms with Crippen molar-refractivity contribution in [1.29, 1.82) is 0 Å². The minimum atomic E-state index is -0.436. The van der Waals surface area contributed by atoms with Crippen molar-refractivity contribution in [3.05, 3.63) is 39.6 Å². The Hall–Kier alpha value is -0.310. The van der Waals surface area contributed by atoms with Crippen LogP contribution in [0.4, 0.5) is 0 Å². The summed E-state index contributed by atoms with van der Waals surface area (Å²) in [4.78, 5) is 11.1. The summed E-state index contributed by atoms with van der Waals surface area (Å²) in [7, 11) is 0. The number of hydrogen-bond acceptors (Lipinski definition) is 1. The number of hydrogen-bond donors (Lipinski definition) is 0. The molecule has 0 unspecified atom stereocenters. The second-order valence-electron chi connectivity index (χ2n) is 4.94. The number of benzene rings is 1. The first-order chi connectivity index (χ1) is 7.75. The Morgan fingerprint density at radius 1 is 1.06 bits per heavy atom. The van der Waals surface area contributed by atoms with Gasteiger partial charge in [-0.2, -0.15) is 0 Å². The largest absolute Gasteiger partial charge is 1.00 e. The monoisotopic (exact) mass is 237 g/mol. The molecule has 1 N–H and O–H groups in total. The van der Waals surface area contributed by atoms with E-state index in [1.54, 1.807) is 0 Å². The summed E-state index contributed by atoms with van der Waals surface area (Å²) >= 11 is 0. The summed E-state index contributed by atoms with van der Waals surface area (Å²) in [6, 6.07) is 2.36. The molecule has 0 atom stereocenters. The second kappa shape index (κ2) is 5.13. The van der Waals surface area contributed by atoms with Gasteiger partial charge in [0, 0.05) is 6.42 Å². The van der Waals surface area contributed by atoms with E-state index in [9.17, 15) is 4.79 Å². The summed E-state index contributed by atoms with van der Waals surface area (Å²) in [5.41, 5.74) is 14.1. The SMILES string of the molecule is [NH-]C(=O)Cc1c2c(cc3c1CCC3)CCC2.[Na+]. The van der Waals surface area contributed by atoms with Gasteiger partial charge >= 0.3 is 29.6 Å². The zero-order valence-electron chi connectivity index (χ0n) is 10.4. The number of nitrogens with one attached hydrogen (secondary N) is 1. The first kappa shape index (κ1) is 13.1. The van der Waals surface area contributed by atoms with Crippen LogP contribution < -0.4 is 29.6 Å². The van der Waals surface area contributed by atoms with Crippen molar-refractivity contribution in [3.8, 4) is 0 Å². The van der Waals surface area contributed by atoms with E-state index in [1.165, 1.54) is 53.5 Å². The maximum atomic E-state index is 11.1. The number of rotatable bonds is 2. The van der Waals surface area contributed by atoms with Crippen LogP contribution in [-0.2, 0) is 36.9 Å². The molecule has 0 fully saturated rings. The van der Waals surface area contributed by atoms with Crippen molar-refractivity contribution in [2.75, 3.05) is 0 Å². The van der Waals surface area contributed by atoms with Gasteiger partial charge in [0.15, 0.2) is 0 Å². The maximum Gasteiger partial charge on any atom is 1.00 e. The molecule has 17 heavy (non-hydrogen) atoms. The predicted octanol–water partition coefficient (Wildman–Crippen LogP) is -0.211. The van der Waals surface area contributed by atoms with E-state index < -0.39 is 5.91 Å². The van der Waals surface area contributed by atoms with Gasteiger partial charge < -0.3 is 10.5 Å². The molecule has 0 saturated heterocycles. The normalized spacial score (nSPS) is 16.2. The molecule has 2 aliphatic carbocycles. The third kappa shape index (κ3) is 2.31. The van der Waals surface area contributed by atoms with E-state index >= 15 is 0 Å². The number of fused-ring (bicyclic) bond motifs is 2. The summed E-state index contributed by atoms with van der Waals surface area (Å²) in [5, 5.41) is 0. The average molecular weight is 237 g/mol. The van der Waals surface area contributed by atoms with Crippen LogP contribution in [0.15, 0.2) is 6.07 Å². The van der Waals surface area contributed by atoms with E-state index in [4.69, 9.17) is 5.73 Å². The quantitative estimate of drug-likeness (QED) is 0.656. The molecule has 84 valence electrons. The van der Waals surface area contributed by atoms with Gasteiger partial charge in [0.25, 0.3) is 0 Å². The first-order valence-electron chi connectivity index (χ1n) is 6.15. The molecule has 2 nitrogen and oxygen atoms in total. The Morgan fingerprint density at radius 3 is 2.06 bits per heavy atom. The van der Waals surface area contributed by atoms with Gasteiger partial charge in [-0.25, -0.2) is 0 Å². The Bertz CT molecular complexity index is 436. The molecule has 0 aromatic heterocycles. The smallest absolute Gasteiger partial charge is 0.667 e. The average Bonchev–Trinajstić information content (AvgIpc) is 2.83. The molecule has 1 amide bonds. The molecular formula is C14H16NNaO. The van der Waals surface area contributed by atoms with Gasteiger partial charge in [0.1, 0.15) is 0 Å². The molecule has 0 aliphatic heterocycles. The summed E-state index contributed by atoms with van der Waals surface area (Å²) in [6.07, 6.45) is 7.35. The minimum absolute atomic E-state index is 0. The van der Waals surface area contributed by atoms with Crippen LogP contribution in [0.25, 0.3) is 5.73 Å². The van der Waals surface area contributed by atoms with E-state index in [0.29, 0.717) is 6.42 Å². The molecule has 2 aliphatic rings. The minimum Gasteiger partial charge on any atom is -0.667 e. The third-order valence-corrected chi connectivity index (χ3v) is 3.94. The molecule has 0 saturated carbocycles. The fourth-order valence-electron chi connectivity index (χ4n) is 3.31. The van der Waals surface area contributed by atoms with Gasteiger partial charge in [-0.05, 0) is 66.3 Å². The third-order valence-electron chi connectivity index (χ3n) is 3.94. The van der Waals surface area contributed by atoms with Gasteiger partial charge in [-0.3, -0.25) is 0 Å². The van der Waals surface area contributed by atoms with Gasteiger partial charge in [0.05, 0.1) is 5.91 Å². The van der Waals surface area contributed by atoms with E-state index in [0.717, 1.165) is 12.8 Å². The van der Waals surface area contributed by atoms with Gasteiger partial charge in [0.2, 0.25) is 0 Å². The van der Waals surface area contributed by atoms with Crippen LogP contribution >= 0.6 is 0 Å². The zero-order valence-corrected chi connectivity index (χ0v) is 12.4.